The van der Waals surface area contributed by atoms with E-state index in [4.69, 9.17) is 14.2 Å². The predicted molar refractivity (Wildman–Crippen MR) is 134 cm³/mol. The van der Waals surface area contributed by atoms with Crippen molar-refractivity contribution >= 4 is 5.97 Å². The number of carbonyl (C=O) groups is 1. The minimum atomic E-state index is -0.493. The summed E-state index contributed by atoms with van der Waals surface area (Å²) in [7, 11) is 1.35. The Hall–Kier alpha value is -3.43. The lowest BCUT2D eigenvalue weighted by molar-refractivity contribution is -0.0114. The van der Waals surface area contributed by atoms with Crippen molar-refractivity contribution in [2.75, 3.05) is 33.4 Å². The van der Waals surface area contributed by atoms with Gasteiger partial charge in [-0.15, -0.1) is 0 Å². The largest absolute Gasteiger partial charge is 0.490 e. The summed E-state index contributed by atoms with van der Waals surface area (Å²) in [6, 6.07) is 11.5. The average molecular weight is 493 g/mol. The average Bonchev–Trinajstić information content (AvgIpc) is 3.27. The van der Waals surface area contributed by atoms with Crippen molar-refractivity contribution < 1.29 is 19.0 Å². The molecule has 0 saturated carbocycles. The molecule has 190 valence electrons. The molecule has 0 spiro atoms. The maximum Gasteiger partial charge on any atom is 0.343 e. The Morgan fingerprint density at radius 3 is 2.83 bits per heavy atom. The highest BCUT2D eigenvalue weighted by Gasteiger charge is 2.27. The van der Waals surface area contributed by atoms with E-state index in [1.807, 2.05) is 24.4 Å². The lowest BCUT2D eigenvalue weighted by Crippen LogP contribution is -2.30. The molecule has 9 nitrogen and oxygen atoms in total. The molecule has 1 fully saturated rings. The Bertz CT molecular complexity index is 1250. The van der Waals surface area contributed by atoms with Crippen molar-refractivity contribution in [3.8, 4) is 17.0 Å². The summed E-state index contributed by atoms with van der Waals surface area (Å²) >= 11 is 0. The van der Waals surface area contributed by atoms with Gasteiger partial charge in [0.1, 0.15) is 17.9 Å². The number of nitrogens with one attached hydrogen (secondary N) is 1. The first-order chi connectivity index (χ1) is 17.6. The fourth-order valence-electron chi connectivity index (χ4n) is 5.04. The maximum atomic E-state index is 13.1. The molecule has 9 heteroatoms. The zero-order chi connectivity index (χ0) is 24.9. The first-order valence-corrected chi connectivity index (χ1v) is 12.5. The van der Waals surface area contributed by atoms with Gasteiger partial charge in [0.15, 0.2) is 0 Å². The number of ether oxygens (including phenoxy) is 3. The van der Waals surface area contributed by atoms with Crippen LogP contribution in [0, 0.1) is 0 Å². The van der Waals surface area contributed by atoms with Gasteiger partial charge in [-0.3, -0.25) is 14.8 Å². The lowest BCUT2D eigenvalue weighted by Gasteiger charge is -2.24. The Balaban J connectivity index is 1.36. The number of rotatable bonds is 7. The molecule has 2 aliphatic heterocycles. The summed E-state index contributed by atoms with van der Waals surface area (Å²) in [6.07, 6.45) is 5.39. The van der Waals surface area contributed by atoms with Crippen molar-refractivity contribution in [1.29, 1.82) is 0 Å². The molecule has 0 amide bonds. The first-order valence-electron chi connectivity index (χ1n) is 12.5. The van der Waals surface area contributed by atoms with Gasteiger partial charge < -0.3 is 18.8 Å². The van der Waals surface area contributed by atoms with Crippen LogP contribution < -0.4 is 10.3 Å². The minimum absolute atomic E-state index is 0.0323. The third kappa shape index (κ3) is 5.22. The van der Waals surface area contributed by atoms with Gasteiger partial charge in [-0.05, 0) is 24.8 Å². The molecule has 1 saturated heterocycles. The highest BCUT2D eigenvalue weighted by Crippen LogP contribution is 2.27. The van der Waals surface area contributed by atoms with Crippen LogP contribution in [0.2, 0.25) is 0 Å². The number of carbonyl (C=O) groups excluding carboxylic acids is 1. The van der Waals surface area contributed by atoms with Crippen LogP contribution in [0.5, 0.6) is 5.75 Å². The van der Waals surface area contributed by atoms with Crippen LogP contribution in [-0.2, 0) is 29.0 Å². The van der Waals surface area contributed by atoms with Gasteiger partial charge in [0.2, 0.25) is 0 Å². The van der Waals surface area contributed by atoms with Crippen LogP contribution in [0.4, 0.5) is 0 Å². The van der Waals surface area contributed by atoms with E-state index in [1.54, 1.807) is 4.57 Å². The number of hydrogen-bond acceptors (Lipinski definition) is 7. The molecule has 5 rings (SSSR count). The second-order valence-electron chi connectivity index (χ2n) is 9.27. The maximum absolute atomic E-state index is 13.1. The van der Waals surface area contributed by atoms with Crippen molar-refractivity contribution in [2.45, 2.75) is 44.9 Å². The molecular weight excluding hydrogens is 460 g/mol. The van der Waals surface area contributed by atoms with E-state index in [1.165, 1.54) is 13.2 Å². The minimum Gasteiger partial charge on any atom is -0.490 e. The van der Waals surface area contributed by atoms with Crippen LogP contribution in [0.1, 0.15) is 40.9 Å². The number of aromatic amines is 1. The van der Waals surface area contributed by atoms with Gasteiger partial charge in [0.05, 0.1) is 25.1 Å². The summed E-state index contributed by atoms with van der Waals surface area (Å²) in [5.41, 5.74) is 3.98. The molecule has 0 aliphatic carbocycles. The van der Waals surface area contributed by atoms with Gasteiger partial charge in [-0.25, -0.2) is 4.79 Å². The van der Waals surface area contributed by atoms with Crippen LogP contribution in [-0.4, -0.2) is 65.2 Å². The highest BCUT2D eigenvalue weighted by atomic mass is 16.5. The summed E-state index contributed by atoms with van der Waals surface area (Å²) < 4.78 is 18.5. The molecule has 1 aromatic carbocycles. The highest BCUT2D eigenvalue weighted by molar-refractivity contribution is 5.93. The number of fused-ring (bicyclic) bond motifs is 1. The van der Waals surface area contributed by atoms with E-state index < -0.39 is 5.97 Å². The molecule has 3 aromatic rings. The van der Waals surface area contributed by atoms with Crippen LogP contribution in [0.3, 0.4) is 0 Å². The third-order valence-electron chi connectivity index (χ3n) is 6.95. The summed E-state index contributed by atoms with van der Waals surface area (Å²) in [4.78, 5) is 28.2. The van der Waals surface area contributed by atoms with E-state index >= 15 is 0 Å². The van der Waals surface area contributed by atoms with Gasteiger partial charge in [-0.1, -0.05) is 30.3 Å². The topological polar surface area (TPSA) is 98.7 Å². The van der Waals surface area contributed by atoms with Gasteiger partial charge in [-0.2, -0.15) is 5.10 Å². The lowest BCUT2D eigenvalue weighted by atomic mass is 10.1. The van der Waals surface area contributed by atoms with Crippen molar-refractivity contribution in [2.24, 2.45) is 0 Å². The number of H-pyrrole nitrogens is 1. The Kier molecular flexibility index (Phi) is 7.48. The Morgan fingerprint density at radius 2 is 2.06 bits per heavy atom. The summed E-state index contributed by atoms with van der Waals surface area (Å²) in [5, 5.41) is 7.38. The molecule has 1 N–H and O–H groups in total. The van der Waals surface area contributed by atoms with Crippen molar-refractivity contribution in [3.05, 3.63) is 69.8 Å². The zero-order valence-corrected chi connectivity index (χ0v) is 20.6. The molecule has 0 radical (unpaired) electrons. The summed E-state index contributed by atoms with van der Waals surface area (Å²) in [5.74, 6) is -0.213. The molecule has 0 bridgehead atoms. The van der Waals surface area contributed by atoms with E-state index in [9.17, 15) is 9.59 Å². The van der Waals surface area contributed by atoms with E-state index in [0.29, 0.717) is 57.1 Å². The number of esters is 1. The molecule has 1 atom stereocenters. The second kappa shape index (κ2) is 11.1. The summed E-state index contributed by atoms with van der Waals surface area (Å²) in [6.45, 7) is 3.52. The Labute approximate surface area is 210 Å². The molecular formula is C27H32N4O5. The second-order valence-corrected chi connectivity index (χ2v) is 9.27. The molecule has 2 aromatic heterocycles. The van der Waals surface area contributed by atoms with Crippen LogP contribution in [0.25, 0.3) is 11.3 Å². The monoisotopic (exact) mass is 492 g/mol. The number of nitrogens with zero attached hydrogens (tertiary/aromatic N) is 3. The Morgan fingerprint density at radius 1 is 1.19 bits per heavy atom. The third-order valence-corrected chi connectivity index (χ3v) is 6.95. The molecule has 0 unspecified atom stereocenters. The van der Waals surface area contributed by atoms with E-state index in [0.717, 1.165) is 36.1 Å². The normalized spacial score (nSPS) is 18.3. The first kappa shape index (κ1) is 24.3. The van der Waals surface area contributed by atoms with Gasteiger partial charge >= 0.3 is 5.97 Å². The van der Waals surface area contributed by atoms with E-state index in [-0.39, 0.29) is 17.4 Å². The number of pyridine rings is 1. The fourth-order valence-corrected chi connectivity index (χ4v) is 5.04. The molecule has 36 heavy (non-hydrogen) atoms. The van der Waals surface area contributed by atoms with E-state index in [2.05, 4.69) is 27.2 Å². The predicted octanol–water partition coefficient (Wildman–Crippen LogP) is 3.03. The van der Waals surface area contributed by atoms with Gasteiger partial charge in [0, 0.05) is 56.5 Å². The standard InChI is InChI=1S/C27H32N4O5/c1-34-27(33)25-22-10-11-30(17-20-16-28-29-26(20)19-7-3-2-4-8-19)12-13-31(22)24(32)15-23(25)36-18-21-9-5-6-14-35-21/h2-4,7-8,15-16,21H,5-6,9-14,17-18H2,1H3,(H,28,29)/t21-/m0/s1. The number of benzene rings is 1. The van der Waals surface area contributed by atoms with Crippen molar-refractivity contribution in [3.63, 3.8) is 0 Å². The number of methoxy groups -OCH3 is 1. The van der Waals surface area contributed by atoms with Crippen LogP contribution >= 0.6 is 0 Å². The van der Waals surface area contributed by atoms with Crippen LogP contribution in [0.15, 0.2) is 47.4 Å². The fraction of sp³-hybridized carbons (Fsp3) is 0.444. The zero-order valence-electron chi connectivity index (χ0n) is 20.6. The number of aromatic nitrogens is 3. The quantitative estimate of drug-likeness (QED) is 0.506. The molecule has 2 aliphatic rings. The number of hydrogen-bond donors (Lipinski definition) is 1. The smallest absolute Gasteiger partial charge is 0.343 e. The van der Waals surface area contributed by atoms with Crippen molar-refractivity contribution in [1.82, 2.24) is 19.7 Å². The SMILES string of the molecule is COC(=O)c1c(OC[C@@H]2CCCCO2)cc(=O)n2c1CCN(Cc1cn[nH]c1-c1ccccc1)CC2. The van der Waals surface area contributed by atoms with Gasteiger partial charge in [0.25, 0.3) is 5.56 Å². The molecule has 4 heterocycles.